The van der Waals surface area contributed by atoms with Gasteiger partial charge in [0.25, 0.3) is 5.91 Å². The molecular weight excluding hydrogens is 252 g/mol. The predicted molar refractivity (Wildman–Crippen MR) is 76.9 cm³/mol. The van der Waals surface area contributed by atoms with Gasteiger partial charge in [-0.3, -0.25) is 4.79 Å². The molecule has 0 aromatic carbocycles. The molecule has 3 heterocycles. The number of fused-ring (bicyclic) bond motifs is 1. The minimum atomic E-state index is -0.255. The quantitative estimate of drug-likeness (QED) is 0.775. The first-order chi connectivity index (χ1) is 9.65. The first-order valence-corrected chi connectivity index (χ1v) is 6.33. The van der Waals surface area contributed by atoms with E-state index in [1.165, 1.54) is 0 Å². The van der Waals surface area contributed by atoms with Crippen molar-refractivity contribution in [3.05, 3.63) is 59.7 Å². The normalized spacial score (nSPS) is 10.7. The van der Waals surface area contributed by atoms with Crippen LogP contribution < -0.4 is 5.32 Å². The molecule has 0 fully saturated rings. The zero-order valence-electron chi connectivity index (χ0n) is 11.3. The van der Waals surface area contributed by atoms with Crippen molar-refractivity contribution in [2.45, 2.75) is 13.8 Å². The molecule has 3 rings (SSSR count). The van der Waals surface area contributed by atoms with Crippen molar-refractivity contribution in [3.63, 3.8) is 0 Å². The van der Waals surface area contributed by atoms with Crippen molar-refractivity contribution in [1.29, 1.82) is 0 Å². The number of imidazole rings is 1. The van der Waals surface area contributed by atoms with E-state index in [1.54, 1.807) is 12.4 Å². The van der Waals surface area contributed by atoms with Crippen LogP contribution in [0.4, 0.5) is 5.82 Å². The average molecular weight is 266 g/mol. The van der Waals surface area contributed by atoms with Crippen molar-refractivity contribution in [3.8, 4) is 0 Å². The van der Waals surface area contributed by atoms with Crippen LogP contribution in [-0.2, 0) is 0 Å². The Hall–Kier alpha value is -2.69. The van der Waals surface area contributed by atoms with Gasteiger partial charge in [-0.05, 0) is 37.6 Å². The molecule has 100 valence electrons. The van der Waals surface area contributed by atoms with Crippen LogP contribution >= 0.6 is 0 Å². The van der Waals surface area contributed by atoms with Crippen LogP contribution in [0.3, 0.4) is 0 Å². The highest BCUT2D eigenvalue weighted by Crippen LogP contribution is 2.13. The summed E-state index contributed by atoms with van der Waals surface area (Å²) < 4.78 is 1.89. The minimum absolute atomic E-state index is 0.255. The standard InChI is InChI=1S/C15H14N4O/c1-10-5-4-8-16-14(10)18-15(20)12-9-19-11(2)6-3-7-13(19)17-12/h3-9H,1-2H3,(H,16,18,20). The summed E-state index contributed by atoms with van der Waals surface area (Å²) in [6.45, 7) is 3.87. The molecule has 0 aliphatic rings. The Morgan fingerprint density at radius 1 is 1.20 bits per heavy atom. The molecule has 0 aliphatic heterocycles. The third kappa shape index (κ3) is 2.14. The summed E-state index contributed by atoms with van der Waals surface area (Å²) in [6, 6.07) is 9.49. The highest BCUT2D eigenvalue weighted by atomic mass is 16.2. The molecule has 0 unspecified atom stereocenters. The average Bonchev–Trinajstić information content (AvgIpc) is 2.87. The minimum Gasteiger partial charge on any atom is -0.305 e. The van der Waals surface area contributed by atoms with E-state index in [0.717, 1.165) is 16.9 Å². The number of carbonyl (C=O) groups is 1. The van der Waals surface area contributed by atoms with E-state index in [2.05, 4.69) is 15.3 Å². The van der Waals surface area contributed by atoms with Crippen molar-refractivity contribution >= 4 is 17.4 Å². The maximum absolute atomic E-state index is 12.2. The van der Waals surface area contributed by atoms with Crippen molar-refractivity contribution in [2.24, 2.45) is 0 Å². The zero-order valence-corrected chi connectivity index (χ0v) is 11.3. The zero-order chi connectivity index (χ0) is 14.1. The number of hydrogen-bond acceptors (Lipinski definition) is 3. The summed E-state index contributed by atoms with van der Waals surface area (Å²) in [4.78, 5) is 20.7. The summed E-state index contributed by atoms with van der Waals surface area (Å²) in [7, 11) is 0. The largest absolute Gasteiger partial charge is 0.305 e. The van der Waals surface area contributed by atoms with E-state index >= 15 is 0 Å². The van der Waals surface area contributed by atoms with Crippen molar-refractivity contribution in [2.75, 3.05) is 5.32 Å². The third-order valence-corrected chi connectivity index (χ3v) is 3.17. The molecule has 0 spiro atoms. The van der Waals surface area contributed by atoms with Crippen molar-refractivity contribution < 1.29 is 4.79 Å². The molecule has 0 radical (unpaired) electrons. The van der Waals surface area contributed by atoms with Crippen LogP contribution in [-0.4, -0.2) is 20.3 Å². The molecule has 1 N–H and O–H groups in total. The molecule has 20 heavy (non-hydrogen) atoms. The first kappa shape index (κ1) is 12.3. The Balaban J connectivity index is 1.93. The topological polar surface area (TPSA) is 59.3 Å². The van der Waals surface area contributed by atoms with Gasteiger partial charge in [-0.25, -0.2) is 9.97 Å². The van der Waals surface area contributed by atoms with Gasteiger partial charge < -0.3 is 9.72 Å². The van der Waals surface area contributed by atoms with Crippen LogP contribution in [0.5, 0.6) is 0 Å². The lowest BCUT2D eigenvalue weighted by atomic mass is 10.3. The highest BCUT2D eigenvalue weighted by molar-refractivity contribution is 6.03. The second kappa shape index (κ2) is 4.77. The second-order valence-corrected chi connectivity index (χ2v) is 4.64. The van der Waals surface area contributed by atoms with E-state index in [9.17, 15) is 4.79 Å². The van der Waals surface area contributed by atoms with Gasteiger partial charge in [0.1, 0.15) is 17.2 Å². The number of amides is 1. The first-order valence-electron chi connectivity index (χ1n) is 6.33. The van der Waals surface area contributed by atoms with Crippen LogP contribution in [0.25, 0.3) is 5.65 Å². The summed E-state index contributed by atoms with van der Waals surface area (Å²) >= 11 is 0. The second-order valence-electron chi connectivity index (χ2n) is 4.64. The van der Waals surface area contributed by atoms with Crippen LogP contribution in [0, 0.1) is 13.8 Å². The Morgan fingerprint density at radius 2 is 2.05 bits per heavy atom. The van der Waals surface area contributed by atoms with Gasteiger partial charge in [0.05, 0.1) is 0 Å². The molecule has 5 heteroatoms. The number of rotatable bonds is 2. The molecule has 0 bridgehead atoms. The van der Waals surface area contributed by atoms with Gasteiger partial charge >= 0.3 is 0 Å². The monoisotopic (exact) mass is 266 g/mol. The van der Waals surface area contributed by atoms with Gasteiger partial charge in [-0.15, -0.1) is 0 Å². The molecular formula is C15H14N4O. The van der Waals surface area contributed by atoms with Gasteiger partial charge in [-0.2, -0.15) is 0 Å². The lowest BCUT2D eigenvalue weighted by Crippen LogP contribution is -2.14. The lowest BCUT2D eigenvalue weighted by Gasteiger charge is -2.04. The van der Waals surface area contributed by atoms with E-state index in [4.69, 9.17) is 0 Å². The van der Waals surface area contributed by atoms with Gasteiger partial charge in [0.15, 0.2) is 0 Å². The number of aryl methyl sites for hydroxylation is 2. The SMILES string of the molecule is Cc1cccnc1NC(=O)c1cn2c(C)cccc2n1. The van der Waals surface area contributed by atoms with Crippen molar-refractivity contribution in [1.82, 2.24) is 14.4 Å². The maximum atomic E-state index is 12.2. The van der Waals surface area contributed by atoms with E-state index in [1.807, 2.05) is 48.6 Å². The number of pyridine rings is 2. The summed E-state index contributed by atoms with van der Waals surface area (Å²) in [5.41, 5.74) is 3.08. The fourth-order valence-corrected chi connectivity index (χ4v) is 2.05. The predicted octanol–water partition coefficient (Wildman–Crippen LogP) is 2.60. The Kier molecular flexibility index (Phi) is 2.95. The molecule has 0 atom stereocenters. The maximum Gasteiger partial charge on any atom is 0.277 e. The van der Waals surface area contributed by atoms with Crippen LogP contribution in [0.15, 0.2) is 42.7 Å². The van der Waals surface area contributed by atoms with E-state index < -0.39 is 0 Å². The Labute approximate surface area is 116 Å². The third-order valence-electron chi connectivity index (χ3n) is 3.17. The van der Waals surface area contributed by atoms with E-state index in [-0.39, 0.29) is 5.91 Å². The van der Waals surface area contributed by atoms with Gasteiger partial charge in [0, 0.05) is 18.1 Å². The number of hydrogen-bond donors (Lipinski definition) is 1. The van der Waals surface area contributed by atoms with Crippen LogP contribution in [0.2, 0.25) is 0 Å². The number of nitrogens with one attached hydrogen (secondary N) is 1. The number of nitrogens with zero attached hydrogens (tertiary/aromatic N) is 3. The molecule has 3 aromatic heterocycles. The summed E-state index contributed by atoms with van der Waals surface area (Å²) in [6.07, 6.45) is 3.38. The molecule has 5 nitrogen and oxygen atoms in total. The van der Waals surface area contributed by atoms with Gasteiger partial charge in [-0.1, -0.05) is 12.1 Å². The Morgan fingerprint density at radius 3 is 2.80 bits per heavy atom. The highest BCUT2D eigenvalue weighted by Gasteiger charge is 2.13. The number of anilines is 1. The molecule has 0 saturated heterocycles. The number of carbonyl (C=O) groups excluding carboxylic acids is 1. The fraction of sp³-hybridized carbons (Fsp3) is 0.133. The van der Waals surface area contributed by atoms with E-state index in [0.29, 0.717) is 11.5 Å². The summed E-state index contributed by atoms with van der Waals surface area (Å²) in [5.74, 6) is 0.307. The fourth-order valence-electron chi connectivity index (χ4n) is 2.05. The smallest absolute Gasteiger partial charge is 0.277 e. The van der Waals surface area contributed by atoms with Gasteiger partial charge in [0.2, 0.25) is 0 Å². The molecule has 0 saturated carbocycles. The molecule has 3 aromatic rings. The molecule has 0 aliphatic carbocycles. The molecule has 1 amide bonds. The summed E-state index contributed by atoms with van der Waals surface area (Å²) in [5, 5.41) is 2.78. The lowest BCUT2D eigenvalue weighted by molar-refractivity contribution is 0.102. The number of aromatic nitrogens is 3. The Bertz CT molecular complexity index is 791. The van der Waals surface area contributed by atoms with Crippen LogP contribution in [0.1, 0.15) is 21.7 Å².